The molecule has 10 heavy (non-hydrogen) atoms. The van der Waals surface area contributed by atoms with Crippen molar-refractivity contribution >= 4 is 0 Å². The normalized spacial score (nSPS) is 54.3. The minimum Gasteiger partial charge on any atom is -0.390 e. The Morgan fingerprint density at radius 1 is 1.20 bits per heavy atom. The Hall–Kier alpha value is -0.0800. The lowest BCUT2D eigenvalue weighted by Crippen LogP contribution is -2.16. The molecule has 2 saturated carbocycles. The second-order valence-corrected chi connectivity index (χ2v) is 4.07. The van der Waals surface area contributed by atoms with Crippen molar-refractivity contribution in [1.29, 1.82) is 0 Å². The van der Waals surface area contributed by atoms with E-state index in [4.69, 9.17) is 4.74 Å². The van der Waals surface area contributed by atoms with E-state index in [9.17, 15) is 5.11 Å². The second kappa shape index (κ2) is 1.28. The van der Waals surface area contributed by atoms with E-state index in [-0.39, 0.29) is 17.3 Å². The lowest BCUT2D eigenvalue weighted by Gasteiger charge is -2.09. The van der Waals surface area contributed by atoms with E-state index in [2.05, 4.69) is 0 Å². The van der Waals surface area contributed by atoms with Crippen molar-refractivity contribution in [3.8, 4) is 0 Å². The molecule has 2 heteroatoms. The maximum atomic E-state index is 9.25. The van der Waals surface area contributed by atoms with Gasteiger partial charge in [-0.05, 0) is 25.7 Å². The SMILES string of the molecule is OC1C[C@@]12CCC1(CC1)O2. The van der Waals surface area contributed by atoms with Crippen LogP contribution in [0.3, 0.4) is 0 Å². The summed E-state index contributed by atoms with van der Waals surface area (Å²) >= 11 is 0. The van der Waals surface area contributed by atoms with E-state index in [1.807, 2.05) is 0 Å². The highest BCUT2D eigenvalue weighted by molar-refractivity contribution is 5.16. The van der Waals surface area contributed by atoms with Crippen LogP contribution in [-0.4, -0.2) is 22.4 Å². The van der Waals surface area contributed by atoms with E-state index in [0.29, 0.717) is 0 Å². The van der Waals surface area contributed by atoms with Crippen molar-refractivity contribution in [3.05, 3.63) is 0 Å². The zero-order chi connectivity index (χ0) is 6.82. The fourth-order valence-corrected chi connectivity index (χ4v) is 2.11. The molecule has 56 valence electrons. The largest absolute Gasteiger partial charge is 0.390 e. The molecule has 0 radical (unpaired) electrons. The first-order valence-corrected chi connectivity index (χ1v) is 4.13. The summed E-state index contributed by atoms with van der Waals surface area (Å²) in [6.07, 6.45) is 5.54. The molecule has 2 nitrogen and oxygen atoms in total. The van der Waals surface area contributed by atoms with E-state index in [1.165, 1.54) is 19.3 Å². The van der Waals surface area contributed by atoms with E-state index < -0.39 is 0 Å². The maximum absolute atomic E-state index is 9.25. The summed E-state index contributed by atoms with van der Waals surface area (Å²) in [6, 6.07) is 0. The third kappa shape index (κ3) is 0.523. The summed E-state index contributed by atoms with van der Waals surface area (Å²) in [5.41, 5.74) is 0.216. The molecule has 1 heterocycles. The smallest absolute Gasteiger partial charge is 0.0975 e. The van der Waals surface area contributed by atoms with Gasteiger partial charge in [0.2, 0.25) is 0 Å². The van der Waals surface area contributed by atoms with Gasteiger partial charge in [-0.3, -0.25) is 0 Å². The van der Waals surface area contributed by atoms with Crippen molar-refractivity contribution in [3.63, 3.8) is 0 Å². The summed E-state index contributed by atoms with van der Waals surface area (Å²) in [7, 11) is 0. The monoisotopic (exact) mass is 140 g/mol. The molecule has 3 aliphatic rings. The Balaban J connectivity index is 1.83. The molecule has 0 aromatic carbocycles. The van der Waals surface area contributed by atoms with Crippen LogP contribution in [0.15, 0.2) is 0 Å². The standard InChI is InChI=1S/C8H12O2/c9-6-5-8(6)4-3-7(10-8)1-2-7/h6,9H,1-5H2/t6?,8-/m0/s1. The van der Waals surface area contributed by atoms with E-state index in [0.717, 1.165) is 12.8 Å². The van der Waals surface area contributed by atoms with Gasteiger partial charge in [0, 0.05) is 6.42 Å². The molecule has 1 aliphatic heterocycles. The van der Waals surface area contributed by atoms with Crippen LogP contribution in [0.5, 0.6) is 0 Å². The summed E-state index contributed by atoms with van der Waals surface area (Å²) in [6.45, 7) is 0. The molecule has 1 N–H and O–H groups in total. The molecular weight excluding hydrogens is 128 g/mol. The first-order valence-electron chi connectivity index (χ1n) is 4.13. The van der Waals surface area contributed by atoms with Crippen molar-refractivity contribution in [1.82, 2.24) is 0 Å². The van der Waals surface area contributed by atoms with Gasteiger partial charge in [0.25, 0.3) is 0 Å². The highest BCUT2D eigenvalue weighted by Gasteiger charge is 2.66. The third-order valence-corrected chi connectivity index (χ3v) is 3.22. The van der Waals surface area contributed by atoms with Gasteiger partial charge in [-0.2, -0.15) is 0 Å². The van der Waals surface area contributed by atoms with Gasteiger partial charge in [0.05, 0.1) is 17.3 Å². The first-order chi connectivity index (χ1) is 4.75. The average Bonchev–Trinajstić information content (AvgIpc) is 2.68. The molecule has 2 aliphatic carbocycles. The van der Waals surface area contributed by atoms with Crippen LogP contribution in [-0.2, 0) is 4.74 Å². The van der Waals surface area contributed by atoms with Crippen LogP contribution >= 0.6 is 0 Å². The summed E-state index contributed by atoms with van der Waals surface area (Å²) in [4.78, 5) is 0. The molecular formula is C8H12O2. The Kier molecular flexibility index (Phi) is 0.710. The molecule has 0 aromatic heterocycles. The summed E-state index contributed by atoms with van der Waals surface area (Å²) < 4.78 is 5.82. The summed E-state index contributed by atoms with van der Waals surface area (Å²) in [5, 5.41) is 9.25. The van der Waals surface area contributed by atoms with Crippen LogP contribution in [0.2, 0.25) is 0 Å². The van der Waals surface area contributed by atoms with Gasteiger partial charge < -0.3 is 9.84 Å². The average molecular weight is 140 g/mol. The quantitative estimate of drug-likeness (QED) is 0.540. The Bertz CT molecular complexity index is 186. The molecule has 3 rings (SSSR count). The molecule has 1 unspecified atom stereocenters. The second-order valence-electron chi connectivity index (χ2n) is 4.07. The lowest BCUT2D eigenvalue weighted by molar-refractivity contribution is -0.0140. The number of aliphatic hydroxyl groups is 1. The fourth-order valence-electron chi connectivity index (χ4n) is 2.11. The third-order valence-electron chi connectivity index (χ3n) is 3.22. The number of hydrogen-bond donors (Lipinski definition) is 1. The van der Waals surface area contributed by atoms with Gasteiger partial charge in [-0.15, -0.1) is 0 Å². The van der Waals surface area contributed by atoms with E-state index in [1.54, 1.807) is 0 Å². The zero-order valence-electron chi connectivity index (χ0n) is 5.97. The number of hydrogen-bond acceptors (Lipinski definition) is 2. The van der Waals surface area contributed by atoms with Gasteiger partial charge in [0.15, 0.2) is 0 Å². The van der Waals surface area contributed by atoms with Crippen molar-refractivity contribution in [2.75, 3.05) is 0 Å². The zero-order valence-corrected chi connectivity index (χ0v) is 5.97. The van der Waals surface area contributed by atoms with Gasteiger partial charge >= 0.3 is 0 Å². The van der Waals surface area contributed by atoms with Crippen LogP contribution in [0, 0.1) is 0 Å². The Morgan fingerprint density at radius 2 is 1.80 bits per heavy atom. The Morgan fingerprint density at radius 3 is 2.10 bits per heavy atom. The molecule has 0 aromatic rings. The van der Waals surface area contributed by atoms with Gasteiger partial charge in [0.1, 0.15) is 0 Å². The minimum absolute atomic E-state index is 0.0451. The predicted molar refractivity (Wildman–Crippen MR) is 35.6 cm³/mol. The van der Waals surface area contributed by atoms with Gasteiger partial charge in [-0.1, -0.05) is 0 Å². The summed E-state index contributed by atoms with van der Waals surface area (Å²) in [5.74, 6) is 0. The van der Waals surface area contributed by atoms with Crippen molar-refractivity contribution in [2.24, 2.45) is 0 Å². The van der Waals surface area contributed by atoms with E-state index >= 15 is 0 Å². The van der Waals surface area contributed by atoms with Crippen molar-refractivity contribution < 1.29 is 9.84 Å². The van der Waals surface area contributed by atoms with Gasteiger partial charge in [-0.25, -0.2) is 0 Å². The van der Waals surface area contributed by atoms with Crippen LogP contribution in [0.25, 0.3) is 0 Å². The predicted octanol–water partition coefficient (Wildman–Crippen LogP) is 0.833. The molecule has 2 spiro atoms. The topological polar surface area (TPSA) is 29.5 Å². The fraction of sp³-hybridized carbons (Fsp3) is 1.00. The number of ether oxygens (including phenoxy) is 1. The highest BCUT2D eigenvalue weighted by atomic mass is 16.6. The first kappa shape index (κ1) is 5.56. The Labute approximate surface area is 60.2 Å². The maximum Gasteiger partial charge on any atom is 0.0975 e. The molecule has 0 amide bonds. The minimum atomic E-state index is -0.132. The molecule has 3 fully saturated rings. The number of aliphatic hydroxyl groups excluding tert-OH is 1. The van der Waals surface area contributed by atoms with Crippen LogP contribution in [0.4, 0.5) is 0 Å². The van der Waals surface area contributed by atoms with Crippen molar-refractivity contribution in [2.45, 2.75) is 49.4 Å². The van der Waals surface area contributed by atoms with Crippen LogP contribution < -0.4 is 0 Å². The molecule has 0 bridgehead atoms. The van der Waals surface area contributed by atoms with Crippen LogP contribution in [0.1, 0.15) is 32.1 Å². The number of rotatable bonds is 0. The highest BCUT2D eigenvalue weighted by Crippen LogP contribution is 2.61. The lowest BCUT2D eigenvalue weighted by atomic mass is 10.1. The molecule has 2 atom stereocenters. The molecule has 1 saturated heterocycles.